The molecule has 1 heterocycles. The molecular formula is C26H20N2O6S2. The minimum absolute atomic E-state index is 0.128. The van der Waals surface area contributed by atoms with Crippen molar-refractivity contribution in [2.75, 3.05) is 7.11 Å². The van der Waals surface area contributed by atoms with Crippen LogP contribution < -0.4 is 9.47 Å². The van der Waals surface area contributed by atoms with Gasteiger partial charge in [0.05, 0.1) is 28.5 Å². The third kappa shape index (κ3) is 5.29. The molecule has 36 heavy (non-hydrogen) atoms. The van der Waals surface area contributed by atoms with Crippen LogP contribution in [0.1, 0.15) is 34.5 Å². The van der Waals surface area contributed by atoms with E-state index in [9.17, 15) is 19.7 Å². The average molecular weight is 521 g/mol. The van der Waals surface area contributed by atoms with Gasteiger partial charge in [0.15, 0.2) is 11.5 Å². The summed E-state index contributed by atoms with van der Waals surface area (Å²) < 4.78 is 11.3. The number of thioether (sulfide) groups is 1. The molecule has 1 aliphatic heterocycles. The van der Waals surface area contributed by atoms with E-state index >= 15 is 0 Å². The van der Waals surface area contributed by atoms with Crippen molar-refractivity contribution in [3.05, 3.63) is 105 Å². The Balaban J connectivity index is 1.52. The summed E-state index contributed by atoms with van der Waals surface area (Å²) in [6, 6.07) is 19.4. The van der Waals surface area contributed by atoms with Crippen LogP contribution in [0.15, 0.2) is 77.7 Å². The number of nitro benzene ring substituents is 1. The van der Waals surface area contributed by atoms with Crippen LogP contribution in [0.2, 0.25) is 0 Å². The first-order valence-electron chi connectivity index (χ1n) is 10.7. The van der Waals surface area contributed by atoms with Crippen molar-refractivity contribution in [2.45, 2.75) is 13.0 Å². The summed E-state index contributed by atoms with van der Waals surface area (Å²) >= 11 is 6.70. The Morgan fingerprint density at radius 3 is 2.42 bits per heavy atom. The zero-order chi connectivity index (χ0) is 25.8. The molecule has 182 valence electrons. The Kier molecular flexibility index (Phi) is 7.47. The molecule has 1 amide bonds. The molecule has 0 aromatic heterocycles. The van der Waals surface area contributed by atoms with E-state index in [4.69, 9.17) is 21.7 Å². The first-order valence-corrected chi connectivity index (χ1v) is 12.0. The van der Waals surface area contributed by atoms with Gasteiger partial charge in [-0.15, -0.1) is 0 Å². The number of nitrogens with zero attached hydrogens (tertiary/aromatic N) is 2. The van der Waals surface area contributed by atoms with E-state index in [0.29, 0.717) is 14.8 Å². The molecule has 0 aliphatic carbocycles. The van der Waals surface area contributed by atoms with E-state index in [2.05, 4.69) is 0 Å². The van der Waals surface area contributed by atoms with Crippen LogP contribution in [0, 0.1) is 10.1 Å². The number of rotatable bonds is 7. The predicted octanol–water partition coefficient (Wildman–Crippen LogP) is 5.79. The quantitative estimate of drug-likeness (QED) is 0.0965. The lowest BCUT2D eigenvalue weighted by Gasteiger charge is -2.23. The number of carbonyl (C=O) groups is 2. The largest absolute Gasteiger partial charge is 0.493 e. The van der Waals surface area contributed by atoms with E-state index in [0.717, 1.165) is 5.56 Å². The third-order valence-electron chi connectivity index (χ3n) is 5.49. The highest BCUT2D eigenvalue weighted by Gasteiger charge is 2.35. The molecule has 0 bridgehead atoms. The molecule has 0 radical (unpaired) electrons. The number of benzene rings is 3. The first-order chi connectivity index (χ1) is 17.3. The SMILES string of the molecule is COc1cc(/C=C2/SC(=S)N([C@H](C)c3ccccc3)C2=O)ccc1OC(=O)c1ccc([N+](=O)[O-])cc1. The highest BCUT2D eigenvalue weighted by Crippen LogP contribution is 2.39. The minimum Gasteiger partial charge on any atom is -0.493 e. The topological polar surface area (TPSA) is 99.0 Å². The number of carbonyl (C=O) groups excluding carboxylic acids is 2. The van der Waals surface area contributed by atoms with Crippen LogP contribution in [0.3, 0.4) is 0 Å². The van der Waals surface area contributed by atoms with Crippen LogP contribution in [-0.2, 0) is 4.79 Å². The lowest BCUT2D eigenvalue weighted by atomic mass is 10.1. The number of hydrogen-bond donors (Lipinski definition) is 0. The van der Waals surface area contributed by atoms with Gasteiger partial charge in [0.1, 0.15) is 4.32 Å². The van der Waals surface area contributed by atoms with Gasteiger partial charge in [-0.3, -0.25) is 19.8 Å². The molecule has 10 heteroatoms. The molecule has 1 saturated heterocycles. The van der Waals surface area contributed by atoms with Crippen LogP contribution in [0.5, 0.6) is 11.5 Å². The number of amides is 1. The molecule has 3 aromatic rings. The summed E-state index contributed by atoms with van der Waals surface area (Å²) in [5.41, 5.74) is 1.67. The number of hydrogen-bond acceptors (Lipinski definition) is 8. The number of thiocarbonyl (C=S) groups is 1. The molecule has 0 N–H and O–H groups in total. The van der Waals surface area contributed by atoms with Gasteiger partial charge in [0.2, 0.25) is 0 Å². The Morgan fingerprint density at radius 1 is 1.08 bits per heavy atom. The van der Waals surface area contributed by atoms with Gasteiger partial charge in [-0.05, 0) is 48.4 Å². The predicted molar refractivity (Wildman–Crippen MR) is 141 cm³/mol. The van der Waals surface area contributed by atoms with E-state index < -0.39 is 10.9 Å². The van der Waals surface area contributed by atoms with Crippen molar-refractivity contribution >= 4 is 51.9 Å². The van der Waals surface area contributed by atoms with E-state index in [1.807, 2.05) is 37.3 Å². The van der Waals surface area contributed by atoms with Gasteiger partial charge in [-0.1, -0.05) is 60.4 Å². The maximum Gasteiger partial charge on any atom is 0.343 e. The summed E-state index contributed by atoms with van der Waals surface area (Å²) in [6.07, 6.45) is 1.71. The van der Waals surface area contributed by atoms with Crippen molar-refractivity contribution in [2.24, 2.45) is 0 Å². The fraction of sp³-hybridized carbons (Fsp3) is 0.115. The second kappa shape index (κ2) is 10.7. The van der Waals surface area contributed by atoms with E-state index in [-0.39, 0.29) is 34.7 Å². The van der Waals surface area contributed by atoms with Gasteiger partial charge < -0.3 is 9.47 Å². The van der Waals surface area contributed by atoms with Gasteiger partial charge in [0.25, 0.3) is 11.6 Å². The number of ether oxygens (including phenoxy) is 2. The summed E-state index contributed by atoms with van der Waals surface area (Å²) in [4.78, 5) is 37.9. The van der Waals surface area contributed by atoms with Crippen molar-refractivity contribution in [1.82, 2.24) is 4.90 Å². The zero-order valence-electron chi connectivity index (χ0n) is 19.2. The number of methoxy groups -OCH3 is 1. The second-order valence-electron chi connectivity index (χ2n) is 7.74. The minimum atomic E-state index is -0.688. The van der Waals surface area contributed by atoms with Gasteiger partial charge >= 0.3 is 5.97 Å². The normalized spacial score (nSPS) is 15.2. The van der Waals surface area contributed by atoms with Crippen molar-refractivity contribution in [1.29, 1.82) is 0 Å². The van der Waals surface area contributed by atoms with Crippen molar-refractivity contribution < 1.29 is 24.0 Å². The molecular weight excluding hydrogens is 500 g/mol. The van der Waals surface area contributed by atoms with Crippen molar-refractivity contribution in [3.8, 4) is 11.5 Å². The molecule has 1 fully saturated rings. The van der Waals surface area contributed by atoms with Gasteiger partial charge in [0, 0.05) is 12.1 Å². The summed E-state index contributed by atoms with van der Waals surface area (Å²) in [5.74, 6) is -0.420. The Bertz CT molecular complexity index is 1370. The molecule has 0 unspecified atom stereocenters. The molecule has 3 aromatic carbocycles. The van der Waals surface area contributed by atoms with Gasteiger partial charge in [-0.25, -0.2) is 4.79 Å². The highest BCUT2D eigenvalue weighted by molar-refractivity contribution is 8.26. The number of non-ortho nitro benzene ring substituents is 1. The third-order valence-corrected chi connectivity index (χ3v) is 6.83. The maximum absolute atomic E-state index is 13.1. The Hall–Kier alpha value is -4.02. The lowest BCUT2D eigenvalue weighted by molar-refractivity contribution is -0.384. The Labute approximate surface area is 216 Å². The second-order valence-corrected chi connectivity index (χ2v) is 9.42. The van der Waals surface area contributed by atoms with Crippen LogP contribution >= 0.6 is 24.0 Å². The molecule has 8 nitrogen and oxygen atoms in total. The summed E-state index contributed by atoms with van der Waals surface area (Å²) in [5, 5.41) is 10.8. The molecule has 1 atom stereocenters. The molecule has 0 spiro atoms. The summed E-state index contributed by atoms with van der Waals surface area (Å²) in [7, 11) is 1.43. The molecule has 0 saturated carbocycles. The van der Waals surface area contributed by atoms with Crippen LogP contribution in [0.25, 0.3) is 6.08 Å². The molecule has 1 aliphatic rings. The van der Waals surface area contributed by atoms with Crippen LogP contribution in [0.4, 0.5) is 5.69 Å². The number of esters is 1. The van der Waals surface area contributed by atoms with Gasteiger partial charge in [-0.2, -0.15) is 0 Å². The van der Waals surface area contributed by atoms with Crippen LogP contribution in [-0.4, -0.2) is 33.1 Å². The van der Waals surface area contributed by atoms with E-state index in [1.165, 1.54) is 43.1 Å². The smallest absolute Gasteiger partial charge is 0.343 e. The van der Waals surface area contributed by atoms with Crippen molar-refractivity contribution in [3.63, 3.8) is 0 Å². The lowest BCUT2D eigenvalue weighted by Crippen LogP contribution is -2.30. The summed E-state index contributed by atoms with van der Waals surface area (Å²) in [6.45, 7) is 1.93. The highest BCUT2D eigenvalue weighted by atomic mass is 32.2. The Morgan fingerprint density at radius 2 is 1.78 bits per heavy atom. The first kappa shape index (κ1) is 25.1. The number of nitro groups is 1. The monoisotopic (exact) mass is 520 g/mol. The fourth-order valence-corrected chi connectivity index (χ4v) is 5.00. The maximum atomic E-state index is 13.1. The molecule has 4 rings (SSSR count). The average Bonchev–Trinajstić information content (AvgIpc) is 3.17. The standard InChI is InChI=1S/C26H20N2O6S2/c1-16(18-6-4-3-5-7-18)27-24(29)23(36-26(27)35)15-17-8-13-21(22(14-17)33-2)34-25(30)19-9-11-20(12-10-19)28(31)32/h3-16H,1-2H3/b23-15+/t16-/m1/s1. The fourth-order valence-electron chi connectivity index (χ4n) is 3.58. The van der Waals surface area contributed by atoms with E-state index in [1.54, 1.807) is 29.2 Å². The zero-order valence-corrected chi connectivity index (χ0v) is 20.9.